The Morgan fingerprint density at radius 1 is 1.10 bits per heavy atom. The fourth-order valence-corrected chi connectivity index (χ4v) is 2.98. The maximum Gasteiger partial charge on any atom is 0.163 e. The van der Waals surface area contributed by atoms with Crippen LogP contribution in [-0.4, -0.2) is 25.1 Å². The van der Waals surface area contributed by atoms with E-state index in [4.69, 9.17) is 0 Å². The molecule has 0 fully saturated rings. The van der Waals surface area contributed by atoms with Gasteiger partial charge in [-0.15, -0.1) is 0 Å². The van der Waals surface area contributed by atoms with Gasteiger partial charge in [0.15, 0.2) is 5.82 Å². The number of fused-ring (bicyclic) bond motifs is 2. The van der Waals surface area contributed by atoms with Crippen LogP contribution in [0.2, 0.25) is 0 Å². The highest BCUT2D eigenvalue weighted by Crippen LogP contribution is 2.42. The third-order valence-electron chi connectivity index (χ3n) is 3.00. The van der Waals surface area contributed by atoms with Crippen molar-refractivity contribution in [2.24, 2.45) is 0 Å². The molecular weight excluding hydrogens is 284 g/mol. The Labute approximate surface area is 126 Å². The number of hydrogen-bond acceptors (Lipinski definition) is 6. The van der Waals surface area contributed by atoms with Gasteiger partial charge in [0, 0.05) is 23.7 Å². The number of hydrogen-bond donors (Lipinski definition) is 2. The number of benzene rings is 1. The van der Waals surface area contributed by atoms with Crippen molar-refractivity contribution in [3.8, 4) is 0 Å². The second-order valence-corrected chi connectivity index (χ2v) is 5.41. The quantitative estimate of drug-likeness (QED) is 0.592. The van der Waals surface area contributed by atoms with E-state index in [1.807, 2.05) is 0 Å². The van der Waals surface area contributed by atoms with E-state index in [-0.39, 0.29) is 7.43 Å². The van der Waals surface area contributed by atoms with Crippen molar-refractivity contribution < 1.29 is 0 Å². The van der Waals surface area contributed by atoms with Crippen LogP contribution >= 0.6 is 11.8 Å². The summed E-state index contributed by atoms with van der Waals surface area (Å²) in [5.74, 6) is 1.66. The maximum atomic E-state index is 4.32. The van der Waals surface area contributed by atoms with E-state index < -0.39 is 0 Å². The van der Waals surface area contributed by atoms with Crippen molar-refractivity contribution in [2.45, 2.75) is 23.8 Å². The highest BCUT2D eigenvalue weighted by molar-refractivity contribution is 7.99. The molecule has 0 amide bonds. The zero-order chi connectivity index (χ0) is 13.4. The Kier molecular flexibility index (Phi) is 3.57. The van der Waals surface area contributed by atoms with Crippen molar-refractivity contribution in [3.63, 3.8) is 0 Å². The molecule has 4 rings (SSSR count). The zero-order valence-electron chi connectivity index (χ0n) is 10.4. The minimum atomic E-state index is 0. The predicted molar refractivity (Wildman–Crippen MR) is 81.8 cm³/mol. The summed E-state index contributed by atoms with van der Waals surface area (Å²) in [6, 6.07) is 6.30. The number of aromatic amines is 1. The normalized spacial score (nSPS) is 11.8. The van der Waals surface area contributed by atoms with Crippen LogP contribution in [0.15, 0.2) is 46.8 Å². The second kappa shape index (κ2) is 5.53. The molecule has 0 aliphatic carbocycles. The van der Waals surface area contributed by atoms with Crippen LogP contribution in [-0.2, 0) is 6.42 Å². The molecule has 6 nitrogen and oxygen atoms in total. The number of nitrogens with one attached hydrogen (secondary N) is 2. The summed E-state index contributed by atoms with van der Waals surface area (Å²) in [6.45, 7) is 0. The second-order valence-electron chi connectivity index (χ2n) is 4.38. The van der Waals surface area contributed by atoms with Crippen molar-refractivity contribution in [1.29, 1.82) is 0 Å². The van der Waals surface area contributed by atoms with Crippen LogP contribution in [0.25, 0.3) is 0 Å². The summed E-state index contributed by atoms with van der Waals surface area (Å²) in [4.78, 5) is 13.9. The molecule has 0 saturated carbocycles. The monoisotopic (exact) mass is 298 g/mol. The summed E-state index contributed by atoms with van der Waals surface area (Å²) < 4.78 is 0. The van der Waals surface area contributed by atoms with Gasteiger partial charge in [0.25, 0.3) is 0 Å². The molecule has 1 aliphatic heterocycles. The maximum absolute atomic E-state index is 4.32. The largest absolute Gasteiger partial charge is 0.337 e. The molecule has 21 heavy (non-hydrogen) atoms. The standard InChI is InChI=1S/C13H10N6S.CH4/c1-2-10-9(5-8(1)6-11-16-7-17-19-11)18-12-13(20-10)15-4-3-14-12;/h1-5,7H,6H2,(H,14,18)(H,16,17,19);1H4. The Morgan fingerprint density at radius 3 is 2.86 bits per heavy atom. The molecule has 106 valence electrons. The zero-order valence-corrected chi connectivity index (χ0v) is 11.2. The van der Waals surface area contributed by atoms with Gasteiger partial charge in [-0.3, -0.25) is 5.10 Å². The van der Waals surface area contributed by atoms with Crippen LogP contribution in [0, 0.1) is 0 Å². The molecule has 0 saturated heterocycles. The summed E-state index contributed by atoms with van der Waals surface area (Å²) >= 11 is 1.63. The first kappa shape index (κ1) is 13.6. The van der Waals surface area contributed by atoms with Gasteiger partial charge in [-0.05, 0) is 17.7 Å². The Balaban J connectivity index is 0.00000132. The third-order valence-corrected chi connectivity index (χ3v) is 4.07. The SMILES string of the molecule is C.c1n[nH]c(Cc2ccc3c(c2)Nc2nccnc2S3)n1. The molecule has 1 aromatic carbocycles. The van der Waals surface area contributed by atoms with Crippen molar-refractivity contribution >= 4 is 23.3 Å². The topological polar surface area (TPSA) is 79.4 Å². The van der Waals surface area contributed by atoms with Crippen molar-refractivity contribution in [3.05, 3.63) is 48.3 Å². The average Bonchev–Trinajstić information content (AvgIpc) is 2.98. The minimum Gasteiger partial charge on any atom is -0.337 e. The van der Waals surface area contributed by atoms with Gasteiger partial charge in [-0.1, -0.05) is 25.3 Å². The third kappa shape index (κ3) is 2.59. The average molecular weight is 298 g/mol. The first-order valence-corrected chi connectivity index (χ1v) is 6.93. The van der Waals surface area contributed by atoms with E-state index in [2.05, 4.69) is 48.7 Å². The van der Waals surface area contributed by atoms with E-state index in [1.165, 1.54) is 11.9 Å². The molecule has 2 N–H and O–H groups in total. The van der Waals surface area contributed by atoms with Crippen LogP contribution in [0.1, 0.15) is 18.8 Å². The lowest BCUT2D eigenvalue weighted by Gasteiger charge is -2.19. The number of nitrogens with zero attached hydrogens (tertiary/aromatic N) is 4. The van der Waals surface area contributed by atoms with Crippen LogP contribution in [0.3, 0.4) is 0 Å². The van der Waals surface area contributed by atoms with Gasteiger partial charge in [-0.2, -0.15) is 5.10 Å². The number of rotatable bonds is 2. The predicted octanol–water partition coefficient (Wildman–Crippen LogP) is 3.03. The molecule has 0 atom stereocenters. The molecule has 0 spiro atoms. The van der Waals surface area contributed by atoms with E-state index in [0.717, 1.165) is 33.7 Å². The van der Waals surface area contributed by atoms with Gasteiger partial charge in [-0.25, -0.2) is 15.0 Å². The Hall–Kier alpha value is -2.41. The smallest absolute Gasteiger partial charge is 0.163 e. The Morgan fingerprint density at radius 2 is 2.00 bits per heavy atom. The van der Waals surface area contributed by atoms with Crippen molar-refractivity contribution in [1.82, 2.24) is 25.1 Å². The lowest BCUT2D eigenvalue weighted by atomic mass is 10.1. The number of H-pyrrole nitrogens is 1. The van der Waals surface area contributed by atoms with Gasteiger partial charge in [0.05, 0.1) is 5.69 Å². The summed E-state index contributed by atoms with van der Waals surface area (Å²) in [5, 5.41) is 11.0. The minimum absolute atomic E-state index is 0. The van der Waals surface area contributed by atoms with Gasteiger partial charge < -0.3 is 5.32 Å². The van der Waals surface area contributed by atoms with E-state index in [1.54, 1.807) is 24.2 Å². The molecule has 0 radical (unpaired) electrons. The summed E-state index contributed by atoms with van der Waals surface area (Å²) in [7, 11) is 0. The molecule has 0 bridgehead atoms. The molecule has 1 aliphatic rings. The number of aromatic nitrogens is 5. The molecule has 3 heterocycles. The van der Waals surface area contributed by atoms with Crippen LogP contribution in [0.5, 0.6) is 0 Å². The summed E-state index contributed by atoms with van der Waals surface area (Å²) in [5.41, 5.74) is 2.22. The highest BCUT2D eigenvalue weighted by atomic mass is 32.2. The molecule has 0 unspecified atom stereocenters. The molecule has 3 aromatic rings. The Bertz CT molecular complexity index is 756. The van der Waals surface area contributed by atoms with Crippen molar-refractivity contribution in [2.75, 3.05) is 5.32 Å². The first-order chi connectivity index (χ1) is 9.88. The highest BCUT2D eigenvalue weighted by Gasteiger charge is 2.17. The van der Waals surface area contributed by atoms with Crippen LogP contribution in [0.4, 0.5) is 11.5 Å². The first-order valence-electron chi connectivity index (χ1n) is 6.11. The van der Waals surface area contributed by atoms with E-state index in [0.29, 0.717) is 0 Å². The fourth-order valence-electron chi connectivity index (χ4n) is 2.10. The van der Waals surface area contributed by atoms with Gasteiger partial charge >= 0.3 is 0 Å². The molecule has 7 heteroatoms. The van der Waals surface area contributed by atoms with E-state index in [9.17, 15) is 0 Å². The lowest BCUT2D eigenvalue weighted by Crippen LogP contribution is -2.04. The van der Waals surface area contributed by atoms with Gasteiger partial charge in [0.2, 0.25) is 0 Å². The number of anilines is 2. The fraction of sp³-hybridized carbons (Fsp3) is 0.143. The molecule has 2 aromatic heterocycles. The molecular formula is C14H14N6S. The van der Waals surface area contributed by atoms with E-state index >= 15 is 0 Å². The van der Waals surface area contributed by atoms with Crippen LogP contribution < -0.4 is 5.32 Å². The lowest BCUT2D eigenvalue weighted by molar-refractivity contribution is 0.970. The summed E-state index contributed by atoms with van der Waals surface area (Å²) in [6.07, 6.45) is 5.65. The van der Waals surface area contributed by atoms with Gasteiger partial charge in [0.1, 0.15) is 17.2 Å².